The maximum Gasteiger partial charge on any atom is 0.107 e. The number of unbranched alkanes of at least 4 members (excludes halogenated alkanes) is 1. The van der Waals surface area contributed by atoms with Crippen molar-refractivity contribution in [2.75, 3.05) is 0 Å². The summed E-state index contributed by atoms with van der Waals surface area (Å²) in [7, 11) is 0. The number of pyridine rings is 1. The summed E-state index contributed by atoms with van der Waals surface area (Å²) < 4.78 is 0. The van der Waals surface area contributed by atoms with E-state index in [-0.39, 0.29) is 4.84 Å². The van der Waals surface area contributed by atoms with Crippen molar-refractivity contribution < 1.29 is 0 Å². The fourth-order valence-corrected chi connectivity index (χ4v) is 0.980. The SMILES string of the molecule is CCCCC(Cl)Cl.c1ccncc1. The molecule has 0 N–H and O–H groups in total. The molecular weight excluding hydrogens is 205 g/mol. The Morgan fingerprint density at radius 1 is 1.15 bits per heavy atom. The van der Waals surface area contributed by atoms with Crippen LogP contribution in [0, 0.1) is 0 Å². The molecule has 0 bridgehead atoms. The first kappa shape index (κ1) is 12.7. The average molecular weight is 220 g/mol. The van der Waals surface area contributed by atoms with Gasteiger partial charge in [0, 0.05) is 12.4 Å². The molecule has 0 amide bonds. The quantitative estimate of drug-likeness (QED) is 0.700. The van der Waals surface area contributed by atoms with Crippen molar-refractivity contribution >= 4 is 23.2 Å². The van der Waals surface area contributed by atoms with E-state index in [0.717, 1.165) is 12.8 Å². The van der Waals surface area contributed by atoms with Crippen molar-refractivity contribution in [3.63, 3.8) is 0 Å². The summed E-state index contributed by atoms with van der Waals surface area (Å²) in [4.78, 5) is 3.63. The van der Waals surface area contributed by atoms with Crippen LogP contribution in [0.25, 0.3) is 0 Å². The lowest BCUT2D eigenvalue weighted by molar-refractivity contribution is 0.756. The summed E-state index contributed by atoms with van der Waals surface area (Å²) in [5.74, 6) is 0. The number of rotatable bonds is 3. The topological polar surface area (TPSA) is 12.9 Å². The van der Waals surface area contributed by atoms with Gasteiger partial charge in [0.2, 0.25) is 0 Å². The van der Waals surface area contributed by atoms with Gasteiger partial charge in [-0.2, -0.15) is 0 Å². The summed E-state index contributed by atoms with van der Waals surface area (Å²) >= 11 is 10.8. The van der Waals surface area contributed by atoms with Gasteiger partial charge in [-0.05, 0) is 18.6 Å². The van der Waals surface area contributed by atoms with Gasteiger partial charge >= 0.3 is 0 Å². The Bertz CT molecular complexity index is 151. The van der Waals surface area contributed by atoms with Crippen molar-refractivity contribution in [3.8, 4) is 0 Å². The van der Waals surface area contributed by atoms with Crippen LogP contribution in [-0.2, 0) is 0 Å². The van der Waals surface area contributed by atoms with Crippen LogP contribution in [0.15, 0.2) is 30.6 Å². The highest BCUT2D eigenvalue weighted by Crippen LogP contribution is 2.10. The zero-order valence-electron chi connectivity index (χ0n) is 7.79. The molecule has 0 atom stereocenters. The molecule has 1 nitrogen and oxygen atoms in total. The van der Waals surface area contributed by atoms with Crippen LogP contribution in [-0.4, -0.2) is 9.82 Å². The van der Waals surface area contributed by atoms with Crippen molar-refractivity contribution in [1.82, 2.24) is 4.98 Å². The predicted molar refractivity (Wildman–Crippen MR) is 59.3 cm³/mol. The minimum atomic E-state index is -0.153. The van der Waals surface area contributed by atoms with Crippen molar-refractivity contribution in [1.29, 1.82) is 0 Å². The van der Waals surface area contributed by atoms with Crippen LogP contribution in [0.3, 0.4) is 0 Å². The Morgan fingerprint density at radius 2 is 1.77 bits per heavy atom. The van der Waals surface area contributed by atoms with Crippen LogP contribution in [0.5, 0.6) is 0 Å². The zero-order chi connectivity index (χ0) is 9.94. The molecule has 0 fully saturated rings. The number of halogens is 2. The maximum absolute atomic E-state index is 5.42. The molecule has 1 heterocycles. The van der Waals surface area contributed by atoms with Crippen LogP contribution in [0.2, 0.25) is 0 Å². The lowest BCUT2D eigenvalue weighted by Gasteiger charge is -1.94. The molecule has 0 aliphatic heterocycles. The maximum atomic E-state index is 5.42. The monoisotopic (exact) mass is 219 g/mol. The normalized spacial score (nSPS) is 9.23. The fourth-order valence-electron chi connectivity index (χ4n) is 0.671. The minimum absolute atomic E-state index is 0.153. The molecule has 0 aliphatic rings. The third-order valence-corrected chi connectivity index (χ3v) is 1.78. The fraction of sp³-hybridized carbons (Fsp3) is 0.500. The highest BCUT2D eigenvalue weighted by molar-refractivity contribution is 6.44. The zero-order valence-corrected chi connectivity index (χ0v) is 9.30. The Labute approximate surface area is 90.1 Å². The minimum Gasteiger partial charge on any atom is -0.265 e. The van der Waals surface area contributed by atoms with Crippen molar-refractivity contribution in [3.05, 3.63) is 30.6 Å². The lowest BCUT2D eigenvalue weighted by Crippen LogP contribution is -1.83. The van der Waals surface area contributed by atoms with E-state index in [0.29, 0.717) is 0 Å². The third-order valence-electron chi connectivity index (χ3n) is 1.34. The highest BCUT2D eigenvalue weighted by atomic mass is 35.5. The lowest BCUT2D eigenvalue weighted by atomic mass is 10.3. The molecule has 1 aromatic heterocycles. The summed E-state index contributed by atoms with van der Waals surface area (Å²) in [5, 5.41) is 0. The van der Waals surface area contributed by atoms with Gasteiger partial charge in [-0.15, -0.1) is 23.2 Å². The second kappa shape index (κ2) is 9.82. The van der Waals surface area contributed by atoms with E-state index in [9.17, 15) is 0 Å². The molecule has 13 heavy (non-hydrogen) atoms. The first-order valence-electron chi connectivity index (χ1n) is 4.40. The van der Waals surface area contributed by atoms with E-state index in [4.69, 9.17) is 23.2 Å². The molecule has 1 rings (SSSR count). The molecule has 74 valence electrons. The van der Waals surface area contributed by atoms with Gasteiger partial charge in [-0.25, -0.2) is 0 Å². The molecule has 0 unspecified atom stereocenters. The van der Waals surface area contributed by atoms with E-state index in [1.165, 1.54) is 6.42 Å². The van der Waals surface area contributed by atoms with Crippen molar-refractivity contribution in [2.45, 2.75) is 31.0 Å². The van der Waals surface area contributed by atoms with E-state index < -0.39 is 0 Å². The van der Waals surface area contributed by atoms with Gasteiger partial charge in [0.05, 0.1) is 0 Å². The summed E-state index contributed by atoms with van der Waals surface area (Å²) in [6.07, 6.45) is 6.74. The van der Waals surface area contributed by atoms with Crippen LogP contribution in [0.4, 0.5) is 0 Å². The number of nitrogens with zero attached hydrogens (tertiary/aromatic N) is 1. The molecular formula is C10H15Cl2N. The Morgan fingerprint density at radius 3 is 1.92 bits per heavy atom. The number of hydrogen-bond donors (Lipinski definition) is 0. The van der Waals surface area contributed by atoms with E-state index in [1.54, 1.807) is 12.4 Å². The van der Waals surface area contributed by atoms with Gasteiger partial charge in [0.1, 0.15) is 4.84 Å². The predicted octanol–water partition coefficient (Wildman–Crippen LogP) is 4.06. The molecule has 0 spiro atoms. The molecule has 0 aliphatic carbocycles. The van der Waals surface area contributed by atoms with E-state index >= 15 is 0 Å². The van der Waals surface area contributed by atoms with Gasteiger partial charge < -0.3 is 0 Å². The largest absolute Gasteiger partial charge is 0.265 e. The van der Waals surface area contributed by atoms with Gasteiger partial charge in [0.25, 0.3) is 0 Å². The van der Waals surface area contributed by atoms with Crippen LogP contribution < -0.4 is 0 Å². The Hall–Kier alpha value is -0.270. The van der Waals surface area contributed by atoms with E-state index in [2.05, 4.69) is 11.9 Å². The first-order valence-corrected chi connectivity index (χ1v) is 5.27. The summed E-state index contributed by atoms with van der Waals surface area (Å²) in [6, 6.07) is 5.72. The molecule has 0 saturated carbocycles. The molecule has 0 radical (unpaired) electrons. The number of aromatic nitrogens is 1. The van der Waals surface area contributed by atoms with Gasteiger partial charge in [-0.3, -0.25) is 4.98 Å². The van der Waals surface area contributed by atoms with Crippen LogP contribution >= 0.6 is 23.2 Å². The third kappa shape index (κ3) is 11.7. The molecule has 0 saturated heterocycles. The van der Waals surface area contributed by atoms with Gasteiger partial charge in [-0.1, -0.05) is 25.8 Å². The average Bonchev–Trinajstić information content (AvgIpc) is 2.18. The molecule has 3 heteroatoms. The number of hydrogen-bond acceptors (Lipinski definition) is 1. The Balaban J connectivity index is 0.000000223. The Kier molecular flexibility index (Phi) is 9.61. The van der Waals surface area contributed by atoms with Gasteiger partial charge in [0.15, 0.2) is 0 Å². The van der Waals surface area contributed by atoms with Crippen LogP contribution in [0.1, 0.15) is 26.2 Å². The standard InChI is InChI=1S/C5H10Cl2.C5H5N/c1-2-3-4-5(6)7;1-2-4-6-5-3-1/h5H,2-4H2,1H3;1-5H. The second-order valence-corrected chi connectivity index (χ2v) is 3.83. The smallest absolute Gasteiger partial charge is 0.107 e. The second-order valence-electron chi connectivity index (χ2n) is 2.56. The number of alkyl halides is 2. The molecule has 1 aromatic rings. The summed E-state index contributed by atoms with van der Waals surface area (Å²) in [5.41, 5.74) is 0. The first-order chi connectivity index (χ1) is 6.27. The highest BCUT2D eigenvalue weighted by Gasteiger charge is 1.93. The van der Waals surface area contributed by atoms with Crippen molar-refractivity contribution in [2.24, 2.45) is 0 Å². The van der Waals surface area contributed by atoms with E-state index in [1.807, 2.05) is 18.2 Å². The summed E-state index contributed by atoms with van der Waals surface area (Å²) in [6.45, 7) is 2.12. The molecule has 0 aromatic carbocycles.